The van der Waals surface area contributed by atoms with Crippen molar-refractivity contribution in [3.8, 4) is 11.5 Å². The number of H-pyrrole nitrogens is 1. The Hall–Kier alpha value is -2.87. The maximum atomic E-state index is 12.6. The van der Waals surface area contributed by atoms with Gasteiger partial charge in [0.15, 0.2) is 23.4 Å². The number of carbonyl (C=O) groups is 1. The number of carbonyl (C=O) groups excluding carboxylic acids is 1. The normalized spacial score (nSPS) is 12.0. The van der Waals surface area contributed by atoms with Crippen LogP contribution in [0.15, 0.2) is 23.0 Å². The predicted octanol–water partition coefficient (Wildman–Crippen LogP) is 3.93. The number of aromatic nitrogens is 2. The minimum atomic E-state index is -0.718. The minimum Gasteiger partial charge on any atom is -0.493 e. The average molecular weight is 402 g/mol. The van der Waals surface area contributed by atoms with Gasteiger partial charge in [-0.05, 0) is 51.5 Å². The molecule has 28 heavy (non-hydrogen) atoms. The lowest BCUT2D eigenvalue weighted by atomic mass is 10.2. The predicted molar refractivity (Wildman–Crippen MR) is 108 cm³/mol. The Balaban J connectivity index is 1.85. The van der Waals surface area contributed by atoms with Crippen molar-refractivity contribution < 1.29 is 19.0 Å². The topological polar surface area (TPSA) is 90.5 Å². The zero-order valence-electron chi connectivity index (χ0n) is 16.4. The molecule has 0 bridgehead atoms. The number of esters is 1. The number of benzene rings is 1. The zero-order valence-corrected chi connectivity index (χ0v) is 17.2. The van der Waals surface area contributed by atoms with Gasteiger partial charge in [0.1, 0.15) is 4.83 Å². The number of fused-ring (bicyclic) bond motifs is 1. The number of hydrogen-bond acceptors (Lipinski definition) is 7. The van der Waals surface area contributed by atoms with Crippen molar-refractivity contribution in [2.75, 3.05) is 13.7 Å². The van der Waals surface area contributed by atoms with E-state index in [-0.39, 0.29) is 5.56 Å². The molecule has 0 aliphatic rings. The minimum absolute atomic E-state index is 0.229. The Kier molecular flexibility index (Phi) is 5.69. The Morgan fingerprint density at radius 3 is 2.71 bits per heavy atom. The second-order valence-electron chi connectivity index (χ2n) is 6.26. The van der Waals surface area contributed by atoms with Crippen LogP contribution in [-0.4, -0.2) is 29.7 Å². The van der Waals surface area contributed by atoms with Gasteiger partial charge in [0.05, 0.1) is 24.7 Å². The van der Waals surface area contributed by atoms with Crippen LogP contribution in [0.25, 0.3) is 10.2 Å². The molecule has 0 amide bonds. The molecule has 0 spiro atoms. The Bertz CT molecular complexity index is 1090. The molecule has 0 radical (unpaired) electrons. The molecule has 8 heteroatoms. The standard InChI is InChI=1S/C20H22N2O5S/c1-6-26-15-9-13(7-8-14(15)25-5)20(24)27-11(3)17-21-18(23)16-10(2)12(4)28-19(16)22-17/h7-9,11H,6H2,1-5H3,(H,21,22,23)/t11-/m1/s1. The maximum Gasteiger partial charge on any atom is 0.338 e. The van der Waals surface area contributed by atoms with Crippen LogP contribution in [0, 0.1) is 13.8 Å². The molecule has 0 fully saturated rings. The summed E-state index contributed by atoms with van der Waals surface area (Å²) in [5.41, 5.74) is 1.02. The van der Waals surface area contributed by atoms with Gasteiger partial charge >= 0.3 is 5.97 Å². The first-order valence-corrected chi connectivity index (χ1v) is 9.69. The highest BCUT2D eigenvalue weighted by molar-refractivity contribution is 7.18. The van der Waals surface area contributed by atoms with Gasteiger partial charge in [-0.3, -0.25) is 4.79 Å². The summed E-state index contributed by atoms with van der Waals surface area (Å²) in [5, 5.41) is 0.585. The summed E-state index contributed by atoms with van der Waals surface area (Å²) >= 11 is 1.45. The first-order chi connectivity index (χ1) is 13.3. The van der Waals surface area contributed by atoms with Crippen LogP contribution < -0.4 is 15.0 Å². The molecule has 0 saturated heterocycles. The Labute approximate surface area is 166 Å². The molecule has 0 aliphatic heterocycles. The smallest absolute Gasteiger partial charge is 0.338 e. The Morgan fingerprint density at radius 2 is 2.04 bits per heavy atom. The maximum absolute atomic E-state index is 12.6. The average Bonchev–Trinajstić information content (AvgIpc) is 2.96. The van der Waals surface area contributed by atoms with E-state index in [2.05, 4.69) is 9.97 Å². The number of ether oxygens (including phenoxy) is 3. The number of hydrogen-bond donors (Lipinski definition) is 1. The third kappa shape index (κ3) is 3.73. The van der Waals surface area contributed by atoms with E-state index in [0.29, 0.717) is 39.7 Å². The molecule has 1 N–H and O–H groups in total. The molecule has 1 aromatic carbocycles. The molecular formula is C20H22N2O5S. The molecular weight excluding hydrogens is 380 g/mol. The number of aromatic amines is 1. The molecule has 7 nitrogen and oxygen atoms in total. The van der Waals surface area contributed by atoms with Crippen molar-refractivity contribution in [3.63, 3.8) is 0 Å². The van der Waals surface area contributed by atoms with E-state index < -0.39 is 12.1 Å². The highest BCUT2D eigenvalue weighted by Gasteiger charge is 2.20. The van der Waals surface area contributed by atoms with Crippen LogP contribution in [0.3, 0.4) is 0 Å². The van der Waals surface area contributed by atoms with E-state index in [4.69, 9.17) is 14.2 Å². The molecule has 0 unspecified atom stereocenters. The highest BCUT2D eigenvalue weighted by Crippen LogP contribution is 2.30. The summed E-state index contributed by atoms with van der Waals surface area (Å²) in [6.45, 7) is 7.80. The van der Waals surface area contributed by atoms with E-state index in [9.17, 15) is 9.59 Å². The van der Waals surface area contributed by atoms with Crippen LogP contribution in [-0.2, 0) is 4.74 Å². The third-order valence-electron chi connectivity index (χ3n) is 4.43. The summed E-state index contributed by atoms with van der Waals surface area (Å²) in [5.74, 6) is 0.763. The summed E-state index contributed by atoms with van der Waals surface area (Å²) in [7, 11) is 1.53. The molecule has 2 heterocycles. The first-order valence-electron chi connectivity index (χ1n) is 8.87. The molecule has 1 atom stereocenters. The van der Waals surface area contributed by atoms with E-state index in [1.54, 1.807) is 25.1 Å². The van der Waals surface area contributed by atoms with E-state index in [1.165, 1.54) is 18.4 Å². The number of aryl methyl sites for hydroxylation is 2. The quantitative estimate of drug-likeness (QED) is 0.629. The number of thiophene rings is 1. The van der Waals surface area contributed by atoms with Crippen molar-refractivity contribution in [2.45, 2.75) is 33.8 Å². The van der Waals surface area contributed by atoms with Gasteiger partial charge in [0.2, 0.25) is 0 Å². The molecule has 0 saturated carbocycles. The largest absolute Gasteiger partial charge is 0.493 e. The van der Waals surface area contributed by atoms with Crippen LogP contribution in [0.5, 0.6) is 11.5 Å². The van der Waals surface area contributed by atoms with Crippen molar-refractivity contribution in [2.24, 2.45) is 0 Å². The van der Waals surface area contributed by atoms with Gasteiger partial charge in [-0.25, -0.2) is 9.78 Å². The van der Waals surface area contributed by atoms with E-state index in [0.717, 1.165) is 10.4 Å². The summed E-state index contributed by atoms with van der Waals surface area (Å²) < 4.78 is 16.2. The first kappa shape index (κ1) is 19.9. The van der Waals surface area contributed by atoms with Crippen LogP contribution in [0.1, 0.15) is 46.6 Å². The van der Waals surface area contributed by atoms with E-state index >= 15 is 0 Å². The molecule has 0 aliphatic carbocycles. The monoisotopic (exact) mass is 402 g/mol. The van der Waals surface area contributed by atoms with Gasteiger partial charge < -0.3 is 19.2 Å². The lowest BCUT2D eigenvalue weighted by Gasteiger charge is -2.14. The van der Waals surface area contributed by atoms with Gasteiger partial charge in [-0.1, -0.05) is 0 Å². The molecule has 148 valence electrons. The summed E-state index contributed by atoms with van der Waals surface area (Å²) in [6.07, 6.45) is -0.718. The van der Waals surface area contributed by atoms with Crippen molar-refractivity contribution >= 4 is 27.5 Å². The number of rotatable bonds is 6. The number of nitrogens with zero attached hydrogens (tertiary/aromatic N) is 1. The molecule has 3 aromatic rings. The van der Waals surface area contributed by atoms with Crippen LogP contribution >= 0.6 is 11.3 Å². The van der Waals surface area contributed by atoms with E-state index in [1.807, 2.05) is 20.8 Å². The van der Waals surface area contributed by atoms with Gasteiger partial charge in [0, 0.05) is 4.88 Å². The van der Waals surface area contributed by atoms with Crippen molar-refractivity contribution in [1.82, 2.24) is 9.97 Å². The van der Waals surface area contributed by atoms with Gasteiger partial charge in [-0.2, -0.15) is 0 Å². The lowest BCUT2D eigenvalue weighted by Crippen LogP contribution is -2.17. The second-order valence-corrected chi connectivity index (χ2v) is 7.46. The number of methoxy groups -OCH3 is 1. The third-order valence-corrected chi connectivity index (χ3v) is 5.53. The van der Waals surface area contributed by atoms with Gasteiger partial charge in [0.25, 0.3) is 5.56 Å². The summed E-state index contributed by atoms with van der Waals surface area (Å²) in [4.78, 5) is 33.9. The van der Waals surface area contributed by atoms with Gasteiger partial charge in [-0.15, -0.1) is 11.3 Å². The fourth-order valence-electron chi connectivity index (χ4n) is 2.82. The highest BCUT2D eigenvalue weighted by atomic mass is 32.1. The molecule has 3 rings (SSSR count). The van der Waals surface area contributed by atoms with Crippen molar-refractivity contribution in [1.29, 1.82) is 0 Å². The second kappa shape index (κ2) is 8.02. The SMILES string of the molecule is CCOc1cc(C(=O)O[C@H](C)c2nc3sc(C)c(C)c3c(=O)[nH]2)ccc1OC. The lowest BCUT2D eigenvalue weighted by molar-refractivity contribution is 0.0319. The fraction of sp³-hybridized carbons (Fsp3) is 0.350. The van der Waals surface area contributed by atoms with Crippen LogP contribution in [0.2, 0.25) is 0 Å². The fourth-order valence-corrected chi connectivity index (χ4v) is 3.86. The Morgan fingerprint density at radius 1 is 1.29 bits per heavy atom. The summed E-state index contributed by atoms with van der Waals surface area (Å²) in [6, 6.07) is 4.82. The van der Waals surface area contributed by atoms with Crippen LogP contribution in [0.4, 0.5) is 0 Å². The van der Waals surface area contributed by atoms with Crippen molar-refractivity contribution in [3.05, 3.63) is 50.4 Å². The molecule has 2 aromatic heterocycles. The number of nitrogens with one attached hydrogen (secondary N) is 1. The zero-order chi connectivity index (χ0) is 20.4.